The molecule has 2 aromatic rings. The van der Waals surface area contributed by atoms with E-state index in [4.69, 9.17) is 4.74 Å². The number of nitrogens with zero attached hydrogens (tertiary/aromatic N) is 2. The van der Waals surface area contributed by atoms with Crippen LogP contribution in [0.5, 0.6) is 5.75 Å². The molecule has 25 heavy (non-hydrogen) atoms. The van der Waals surface area contributed by atoms with Gasteiger partial charge in [0.15, 0.2) is 0 Å². The van der Waals surface area contributed by atoms with E-state index in [1.807, 2.05) is 0 Å². The van der Waals surface area contributed by atoms with Gasteiger partial charge in [-0.3, -0.25) is 9.78 Å². The molecule has 1 N–H and O–H groups in total. The van der Waals surface area contributed by atoms with Gasteiger partial charge in [-0.15, -0.1) is 0 Å². The van der Waals surface area contributed by atoms with Crippen LogP contribution in [-0.4, -0.2) is 43.5 Å². The van der Waals surface area contributed by atoms with Crippen molar-refractivity contribution in [3.8, 4) is 5.75 Å². The molecule has 1 aromatic carbocycles. The Hall–Kier alpha value is -2.45. The Morgan fingerprint density at radius 3 is 2.32 bits per heavy atom. The summed E-state index contributed by atoms with van der Waals surface area (Å²) in [5.74, 6) is 0.320. The lowest BCUT2D eigenvalue weighted by atomic mass is 10.2. The minimum absolute atomic E-state index is 0.117. The Bertz CT molecular complexity index is 792. The van der Waals surface area contributed by atoms with Crippen LogP contribution in [0.1, 0.15) is 11.1 Å². The van der Waals surface area contributed by atoms with Crippen LogP contribution in [0.2, 0.25) is 0 Å². The lowest BCUT2D eigenvalue weighted by molar-refractivity contribution is -0.121. The SMILES string of the molecule is COc1ccc(CN(CC(=O)NCc2ccncc2)S(C)(=O)=O)cc1. The lowest BCUT2D eigenvalue weighted by Crippen LogP contribution is -2.39. The maximum absolute atomic E-state index is 12.1. The number of aromatic nitrogens is 1. The molecular formula is C17H21N3O4S. The molecular weight excluding hydrogens is 342 g/mol. The van der Waals surface area contributed by atoms with Crippen LogP contribution < -0.4 is 10.1 Å². The van der Waals surface area contributed by atoms with Crippen molar-refractivity contribution in [1.29, 1.82) is 0 Å². The van der Waals surface area contributed by atoms with E-state index in [1.165, 1.54) is 0 Å². The minimum atomic E-state index is -3.53. The molecule has 0 unspecified atom stereocenters. The fraction of sp³-hybridized carbons (Fsp3) is 0.294. The zero-order valence-corrected chi connectivity index (χ0v) is 15.0. The topological polar surface area (TPSA) is 88.6 Å². The van der Waals surface area contributed by atoms with Gasteiger partial charge in [0.25, 0.3) is 0 Å². The third-order valence-corrected chi connectivity index (χ3v) is 4.74. The first-order valence-electron chi connectivity index (χ1n) is 7.62. The second-order valence-corrected chi connectivity index (χ2v) is 7.49. The quantitative estimate of drug-likeness (QED) is 0.760. The second-order valence-electron chi connectivity index (χ2n) is 5.51. The van der Waals surface area contributed by atoms with Crippen molar-refractivity contribution in [1.82, 2.24) is 14.6 Å². The molecule has 0 aliphatic carbocycles. The highest BCUT2D eigenvalue weighted by Gasteiger charge is 2.20. The molecule has 2 rings (SSSR count). The molecule has 134 valence electrons. The number of ether oxygens (including phenoxy) is 1. The minimum Gasteiger partial charge on any atom is -0.497 e. The van der Waals surface area contributed by atoms with E-state index < -0.39 is 10.0 Å². The summed E-state index contributed by atoms with van der Waals surface area (Å²) in [6.45, 7) is 0.197. The third-order valence-electron chi connectivity index (χ3n) is 3.55. The number of rotatable bonds is 8. The number of methoxy groups -OCH3 is 1. The lowest BCUT2D eigenvalue weighted by Gasteiger charge is -2.19. The van der Waals surface area contributed by atoms with E-state index in [-0.39, 0.29) is 19.0 Å². The molecule has 0 radical (unpaired) electrons. The summed E-state index contributed by atoms with van der Waals surface area (Å²) < 4.78 is 30.2. The predicted molar refractivity (Wildman–Crippen MR) is 94.3 cm³/mol. The average molecular weight is 363 g/mol. The molecule has 0 bridgehead atoms. The number of carbonyl (C=O) groups is 1. The molecule has 1 aromatic heterocycles. The van der Waals surface area contributed by atoms with Crippen molar-refractivity contribution >= 4 is 15.9 Å². The largest absolute Gasteiger partial charge is 0.497 e. The molecule has 8 heteroatoms. The van der Waals surface area contributed by atoms with Gasteiger partial charge in [-0.1, -0.05) is 12.1 Å². The zero-order chi connectivity index (χ0) is 18.3. The molecule has 0 aliphatic heterocycles. The zero-order valence-electron chi connectivity index (χ0n) is 14.2. The van der Waals surface area contributed by atoms with Crippen molar-refractivity contribution in [2.24, 2.45) is 0 Å². The molecule has 0 fully saturated rings. The predicted octanol–water partition coefficient (Wildman–Crippen LogP) is 1.17. The van der Waals surface area contributed by atoms with Crippen LogP contribution in [0.3, 0.4) is 0 Å². The Balaban J connectivity index is 1.98. The van der Waals surface area contributed by atoms with Gasteiger partial charge in [-0.25, -0.2) is 8.42 Å². The number of pyridine rings is 1. The highest BCUT2D eigenvalue weighted by atomic mass is 32.2. The monoisotopic (exact) mass is 363 g/mol. The highest BCUT2D eigenvalue weighted by Crippen LogP contribution is 2.14. The van der Waals surface area contributed by atoms with E-state index >= 15 is 0 Å². The van der Waals surface area contributed by atoms with Crippen LogP contribution in [0.4, 0.5) is 0 Å². The van der Waals surface area contributed by atoms with Gasteiger partial charge in [-0.2, -0.15) is 4.31 Å². The van der Waals surface area contributed by atoms with Crippen LogP contribution in [0.15, 0.2) is 48.8 Å². The normalized spacial score (nSPS) is 11.3. The fourth-order valence-electron chi connectivity index (χ4n) is 2.14. The first-order valence-corrected chi connectivity index (χ1v) is 9.47. The molecule has 0 aliphatic rings. The second kappa shape index (κ2) is 8.59. The number of carbonyl (C=O) groups excluding carboxylic acids is 1. The number of nitrogens with one attached hydrogen (secondary N) is 1. The summed E-state index contributed by atoms with van der Waals surface area (Å²) >= 11 is 0. The van der Waals surface area contributed by atoms with Crippen molar-refractivity contribution in [3.63, 3.8) is 0 Å². The van der Waals surface area contributed by atoms with Gasteiger partial charge < -0.3 is 10.1 Å². The third kappa shape index (κ3) is 6.17. The van der Waals surface area contributed by atoms with Crippen LogP contribution in [0, 0.1) is 0 Å². The molecule has 1 heterocycles. The molecule has 0 atom stereocenters. The Kier molecular flexibility index (Phi) is 6.49. The van der Waals surface area contributed by atoms with Gasteiger partial charge in [-0.05, 0) is 35.4 Å². The van der Waals surface area contributed by atoms with E-state index in [9.17, 15) is 13.2 Å². The highest BCUT2D eigenvalue weighted by molar-refractivity contribution is 7.88. The first-order chi connectivity index (χ1) is 11.9. The number of hydrogen-bond donors (Lipinski definition) is 1. The number of benzene rings is 1. The summed E-state index contributed by atoms with van der Waals surface area (Å²) in [5.41, 5.74) is 1.66. The Morgan fingerprint density at radius 2 is 1.76 bits per heavy atom. The van der Waals surface area contributed by atoms with Crippen LogP contribution >= 0.6 is 0 Å². The van der Waals surface area contributed by atoms with Crippen molar-refractivity contribution < 1.29 is 17.9 Å². The van der Waals surface area contributed by atoms with E-state index in [0.29, 0.717) is 12.3 Å². The molecule has 1 amide bonds. The van der Waals surface area contributed by atoms with Crippen molar-refractivity contribution in [2.45, 2.75) is 13.1 Å². The van der Waals surface area contributed by atoms with Crippen LogP contribution in [0.25, 0.3) is 0 Å². The average Bonchev–Trinajstić information content (AvgIpc) is 2.60. The maximum atomic E-state index is 12.1. The summed E-state index contributed by atoms with van der Waals surface area (Å²) in [7, 11) is -1.97. The van der Waals surface area contributed by atoms with Crippen molar-refractivity contribution in [2.75, 3.05) is 19.9 Å². The first kappa shape index (κ1) is 18.9. The van der Waals surface area contributed by atoms with Crippen molar-refractivity contribution in [3.05, 3.63) is 59.9 Å². The maximum Gasteiger partial charge on any atom is 0.235 e. The van der Waals surface area contributed by atoms with E-state index in [1.54, 1.807) is 55.9 Å². The van der Waals surface area contributed by atoms with E-state index in [2.05, 4.69) is 10.3 Å². The Morgan fingerprint density at radius 1 is 1.12 bits per heavy atom. The standard InChI is InChI=1S/C17H21N3O4S/c1-24-16-5-3-15(4-6-16)12-20(25(2,22)23)13-17(21)19-11-14-7-9-18-10-8-14/h3-10H,11-13H2,1-2H3,(H,19,21). The van der Waals surface area contributed by atoms with Gasteiger partial charge in [0.1, 0.15) is 5.75 Å². The van der Waals surface area contributed by atoms with E-state index in [0.717, 1.165) is 21.7 Å². The summed E-state index contributed by atoms with van der Waals surface area (Å²) in [4.78, 5) is 16.0. The summed E-state index contributed by atoms with van der Waals surface area (Å²) in [5, 5.41) is 2.71. The summed E-state index contributed by atoms with van der Waals surface area (Å²) in [6.07, 6.45) is 4.36. The molecule has 7 nitrogen and oxygen atoms in total. The van der Waals surface area contributed by atoms with Gasteiger partial charge in [0.05, 0.1) is 19.9 Å². The Labute approximate surface area is 147 Å². The van der Waals surface area contributed by atoms with Gasteiger partial charge in [0.2, 0.25) is 15.9 Å². The van der Waals surface area contributed by atoms with Gasteiger partial charge in [0, 0.05) is 25.5 Å². The number of amides is 1. The molecule has 0 saturated heterocycles. The number of hydrogen-bond acceptors (Lipinski definition) is 5. The van der Waals surface area contributed by atoms with Gasteiger partial charge >= 0.3 is 0 Å². The number of sulfonamides is 1. The fourth-order valence-corrected chi connectivity index (χ4v) is 2.88. The molecule has 0 spiro atoms. The summed E-state index contributed by atoms with van der Waals surface area (Å²) in [6, 6.07) is 10.6. The van der Waals surface area contributed by atoms with Crippen LogP contribution in [-0.2, 0) is 27.9 Å². The molecule has 0 saturated carbocycles. The smallest absolute Gasteiger partial charge is 0.235 e.